The molecule has 5 heteroatoms. The van der Waals surface area contributed by atoms with E-state index in [2.05, 4.69) is 30.3 Å². The summed E-state index contributed by atoms with van der Waals surface area (Å²) in [5.74, 6) is 6.99. The van der Waals surface area contributed by atoms with Crippen molar-refractivity contribution in [2.75, 3.05) is 12.5 Å². The lowest BCUT2D eigenvalue weighted by Gasteiger charge is -2.15. The Morgan fingerprint density at radius 3 is 2.81 bits per heavy atom. The average molecular weight is 289 g/mol. The summed E-state index contributed by atoms with van der Waals surface area (Å²) in [5.41, 5.74) is 4.45. The fraction of sp³-hybridized carbons (Fsp3) is 0.438. The largest absolute Gasteiger partial charge is 0.497 e. The summed E-state index contributed by atoms with van der Waals surface area (Å²) >= 11 is 0. The molecule has 2 aromatic rings. The van der Waals surface area contributed by atoms with Crippen LogP contribution in [0.5, 0.6) is 5.75 Å². The molecule has 0 aliphatic carbocycles. The van der Waals surface area contributed by atoms with Crippen molar-refractivity contribution in [2.45, 2.75) is 39.4 Å². The molecular weight excluding hydrogens is 266 g/mol. The van der Waals surface area contributed by atoms with Crippen LogP contribution in [0.2, 0.25) is 0 Å². The van der Waals surface area contributed by atoms with E-state index in [0.29, 0.717) is 12.4 Å². The second kappa shape index (κ2) is 7.24. The minimum atomic E-state index is 0.229. The zero-order valence-electron chi connectivity index (χ0n) is 12.8. The predicted octanol–water partition coefficient (Wildman–Crippen LogP) is 3.23. The van der Waals surface area contributed by atoms with E-state index in [1.165, 1.54) is 0 Å². The van der Waals surface area contributed by atoms with Crippen molar-refractivity contribution in [3.05, 3.63) is 29.8 Å². The lowest BCUT2D eigenvalue weighted by molar-refractivity contribution is 0.0474. The number of hydrazine groups is 1. The number of nitrogens with two attached hydrogens (primary N) is 1. The minimum Gasteiger partial charge on any atom is -0.497 e. The molecule has 0 aliphatic rings. The molecule has 0 bridgehead atoms. The van der Waals surface area contributed by atoms with Gasteiger partial charge in [-0.3, -0.25) is 0 Å². The van der Waals surface area contributed by atoms with Gasteiger partial charge < -0.3 is 14.9 Å². The van der Waals surface area contributed by atoms with Crippen LogP contribution in [0.3, 0.4) is 0 Å². The number of ether oxygens (including phenoxy) is 2. The number of fused-ring (bicyclic) bond motifs is 1. The van der Waals surface area contributed by atoms with Gasteiger partial charge in [0.25, 0.3) is 0 Å². The van der Waals surface area contributed by atoms with Crippen LogP contribution in [0.25, 0.3) is 10.9 Å². The fourth-order valence-electron chi connectivity index (χ4n) is 2.27. The molecule has 0 fully saturated rings. The van der Waals surface area contributed by atoms with Crippen molar-refractivity contribution < 1.29 is 9.47 Å². The van der Waals surface area contributed by atoms with Gasteiger partial charge in [0.2, 0.25) is 0 Å². The zero-order valence-corrected chi connectivity index (χ0v) is 12.8. The average Bonchev–Trinajstić information content (AvgIpc) is 2.51. The third-order valence-electron chi connectivity index (χ3n) is 3.46. The normalized spacial score (nSPS) is 12.4. The van der Waals surface area contributed by atoms with E-state index < -0.39 is 0 Å². The van der Waals surface area contributed by atoms with Gasteiger partial charge in [-0.1, -0.05) is 13.3 Å². The molecule has 0 radical (unpaired) electrons. The van der Waals surface area contributed by atoms with Crippen LogP contribution in [0.15, 0.2) is 24.3 Å². The van der Waals surface area contributed by atoms with Crippen molar-refractivity contribution in [2.24, 2.45) is 5.84 Å². The van der Waals surface area contributed by atoms with Crippen molar-refractivity contribution in [3.63, 3.8) is 0 Å². The molecule has 5 nitrogen and oxygen atoms in total. The summed E-state index contributed by atoms with van der Waals surface area (Å²) in [6, 6.07) is 7.85. The Bertz CT molecular complexity index is 601. The van der Waals surface area contributed by atoms with Crippen LogP contribution >= 0.6 is 0 Å². The fourth-order valence-corrected chi connectivity index (χ4v) is 2.27. The van der Waals surface area contributed by atoms with Crippen molar-refractivity contribution in [1.29, 1.82) is 0 Å². The SMILES string of the molecule is CCCC(C)OCc1cc2ccc(OC)cc2nc1NN. The quantitative estimate of drug-likeness (QED) is 0.605. The molecule has 1 heterocycles. The smallest absolute Gasteiger partial charge is 0.146 e. The molecule has 1 atom stereocenters. The number of nitrogens with one attached hydrogen (secondary N) is 1. The van der Waals surface area contributed by atoms with Gasteiger partial charge in [-0.15, -0.1) is 0 Å². The highest BCUT2D eigenvalue weighted by atomic mass is 16.5. The third-order valence-corrected chi connectivity index (χ3v) is 3.46. The Kier molecular flexibility index (Phi) is 5.36. The van der Waals surface area contributed by atoms with Crippen molar-refractivity contribution in [3.8, 4) is 5.75 Å². The second-order valence-corrected chi connectivity index (χ2v) is 5.11. The van der Waals surface area contributed by atoms with Gasteiger partial charge in [0.05, 0.1) is 25.3 Å². The minimum absolute atomic E-state index is 0.229. The number of anilines is 1. The Hall–Kier alpha value is -1.85. The number of hydrogen-bond donors (Lipinski definition) is 2. The van der Waals surface area contributed by atoms with Crippen LogP contribution in [0.1, 0.15) is 32.3 Å². The Morgan fingerprint density at radius 1 is 1.33 bits per heavy atom. The van der Waals surface area contributed by atoms with Crippen LogP contribution in [0.4, 0.5) is 5.82 Å². The maximum Gasteiger partial charge on any atom is 0.146 e. The number of methoxy groups -OCH3 is 1. The molecular formula is C16H23N3O2. The zero-order chi connectivity index (χ0) is 15.2. The summed E-state index contributed by atoms with van der Waals surface area (Å²) in [5, 5.41) is 1.04. The van der Waals surface area contributed by atoms with Gasteiger partial charge in [0.1, 0.15) is 11.6 Å². The molecule has 0 saturated carbocycles. The van der Waals surface area contributed by atoms with Gasteiger partial charge >= 0.3 is 0 Å². The molecule has 1 aromatic carbocycles. The number of rotatable bonds is 7. The number of hydrogen-bond acceptors (Lipinski definition) is 5. The Labute approximate surface area is 125 Å². The number of nitrogen functional groups attached to an aromatic ring is 1. The monoisotopic (exact) mass is 289 g/mol. The second-order valence-electron chi connectivity index (χ2n) is 5.11. The number of pyridine rings is 1. The van der Waals surface area contributed by atoms with E-state index in [-0.39, 0.29) is 6.10 Å². The lowest BCUT2D eigenvalue weighted by atomic mass is 10.1. The van der Waals surface area contributed by atoms with E-state index in [1.54, 1.807) is 7.11 Å². The first-order valence-corrected chi connectivity index (χ1v) is 7.23. The molecule has 1 aromatic heterocycles. The van der Waals surface area contributed by atoms with Gasteiger partial charge in [-0.2, -0.15) is 0 Å². The summed E-state index contributed by atoms with van der Waals surface area (Å²) in [4.78, 5) is 4.53. The Morgan fingerprint density at radius 2 is 2.14 bits per heavy atom. The van der Waals surface area contributed by atoms with Gasteiger partial charge in [-0.05, 0) is 31.5 Å². The number of nitrogens with zero attached hydrogens (tertiary/aromatic N) is 1. The van der Waals surface area contributed by atoms with E-state index in [0.717, 1.165) is 35.1 Å². The van der Waals surface area contributed by atoms with E-state index >= 15 is 0 Å². The first kappa shape index (κ1) is 15.5. The third kappa shape index (κ3) is 3.83. The summed E-state index contributed by atoms with van der Waals surface area (Å²) in [7, 11) is 1.64. The topological polar surface area (TPSA) is 69.4 Å². The summed E-state index contributed by atoms with van der Waals surface area (Å²) < 4.78 is 11.1. The van der Waals surface area contributed by atoms with E-state index in [9.17, 15) is 0 Å². The van der Waals surface area contributed by atoms with Gasteiger partial charge in [-0.25, -0.2) is 10.8 Å². The summed E-state index contributed by atoms with van der Waals surface area (Å²) in [6.45, 7) is 4.73. The standard InChI is InChI=1S/C16H23N3O2/c1-4-5-11(2)21-10-13-8-12-6-7-14(20-3)9-15(12)18-16(13)19-17/h6-9,11H,4-5,10,17H2,1-3H3,(H,18,19). The predicted molar refractivity (Wildman–Crippen MR) is 85.3 cm³/mol. The first-order chi connectivity index (χ1) is 10.2. The van der Waals surface area contributed by atoms with Crippen LogP contribution in [-0.2, 0) is 11.3 Å². The molecule has 2 rings (SSSR count). The first-order valence-electron chi connectivity index (χ1n) is 7.23. The highest BCUT2D eigenvalue weighted by Crippen LogP contribution is 2.24. The molecule has 0 amide bonds. The molecule has 0 saturated heterocycles. The molecule has 3 N–H and O–H groups in total. The van der Waals surface area contributed by atoms with Crippen LogP contribution < -0.4 is 16.0 Å². The number of aromatic nitrogens is 1. The number of benzene rings is 1. The van der Waals surface area contributed by atoms with E-state index in [4.69, 9.17) is 15.3 Å². The highest BCUT2D eigenvalue weighted by molar-refractivity contribution is 5.83. The molecule has 0 aliphatic heterocycles. The maximum atomic E-state index is 5.84. The van der Waals surface area contributed by atoms with Crippen molar-refractivity contribution in [1.82, 2.24) is 4.98 Å². The van der Waals surface area contributed by atoms with Crippen LogP contribution in [0, 0.1) is 0 Å². The van der Waals surface area contributed by atoms with E-state index in [1.807, 2.05) is 18.2 Å². The lowest BCUT2D eigenvalue weighted by Crippen LogP contribution is -2.14. The van der Waals surface area contributed by atoms with Gasteiger partial charge in [0, 0.05) is 17.0 Å². The van der Waals surface area contributed by atoms with Crippen molar-refractivity contribution >= 4 is 16.7 Å². The molecule has 0 spiro atoms. The van der Waals surface area contributed by atoms with Gasteiger partial charge in [0.15, 0.2) is 0 Å². The molecule has 1 unspecified atom stereocenters. The maximum absolute atomic E-state index is 5.84. The Balaban J connectivity index is 2.26. The van der Waals surface area contributed by atoms with Crippen LogP contribution in [-0.4, -0.2) is 18.2 Å². The highest BCUT2D eigenvalue weighted by Gasteiger charge is 2.09. The summed E-state index contributed by atoms with van der Waals surface area (Å²) in [6.07, 6.45) is 2.38. The molecule has 21 heavy (non-hydrogen) atoms. The molecule has 114 valence electrons.